The van der Waals surface area contributed by atoms with E-state index in [0.29, 0.717) is 0 Å². The summed E-state index contributed by atoms with van der Waals surface area (Å²) in [5.41, 5.74) is 0.867. The summed E-state index contributed by atoms with van der Waals surface area (Å²) < 4.78 is 36.4. The third kappa shape index (κ3) is 5.26. The molecule has 0 amide bonds. The van der Waals surface area contributed by atoms with Crippen LogP contribution in [0.5, 0.6) is 0 Å². The zero-order chi connectivity index (χ0) is 17.6. The van der Waals surface area contributed by atoms with Gasteiger partial charge in [0.1, 0.15) is 0 Å². The van der Waals surface area contributed by atoms with E-state index in [1.807, 2.05) is 6.92 Å². The number of aromatic nitrogens is 2. The molecule has 1 N–H and O–H groups in total. The minimum Gasteiger partial charge on any atom is -0.356 e. The normalized spacial score (nSPS) is 17.7. The number of ether oxygens (including phenoxy) is 1. The summed E-state index contributed by atoms with van der Waals surface area (Å²) in [7, 11) is -4.02. The molecule has 2 aromatic rings. The van der Waals surface area contributed by atoms with Crippen LogP contribution in [0.4, 0.5) is 0 Å². The van der Waals surface area contributed by atoms with Gasteiger partial charge in [0.15, 0.2) is 6.23 Å². The van der Waals surface area contributed by atoms with Crippen molar-refractivity contribution in [1.29, 1.82) is 0 Å². The average molecular weight is 352 g/mol. The topological polar surface area (TPSA) is 98.5 Å². The van der Waals surface area contributed by atoms with Crippen molar-refractivity contribution in [3.05, 3.63) is 58.5 Å². The molecule has 24 heavy (non-hydrogen) atoms. The smallest absolute Gasteiger partial charge is 0.294 e. The van der Waals surface area contributed by atoms with Gasteiger partial charge in [0.2, 0.25) is 0 Å². The second-order valence-electron chi connectivity index (χ2n) is 5.42. The quantitative estimate of drug-likeness (QED) is 0.832. The van der Waals surface area contributed by atoms with E-state index in [9.17, 15) is 13.2 Å². The number of nitrogens with zero attached hydrogens (tertiary/aromatic N) is 2. The third-order valence-electron chi connectivity index (χ3n) is 3.49. The fourth-order valence-electron chi connectivity index (χ4n) is 2.21. The number of hydrogen-bond acceptors (Lipinski definition) is 5. The summed E-state index contributed by atoms with van der Waals surface area (Å²) in [4.78, 5) is 11.3. The molecule has 130 valence electrons. The summed E-state index contributed by atoms with van der Waals surface area (Å²) in [6.45, 7) is 2.57. The number of aryl methyl sites for hydroxylation is 1. The Balaban J connectivity index is 0.000000177. The maximum atomic E-state index is 11.3. The Morgan fingerprint density at radius 1 is 1.21 bits per heavy atom. The molecule has 7 nitrogen and oxygen atoms in total. The lowest BCUT2D eigenvalue weighted by molar-refractivity contribution is -0.0424. The van der Waals surface area contributed by atoms with Crippen molar-refractivity contribution in [2.45, 2.75) is 37.3 Å². The molecule has 3 rings (SSSR count). The molecule has 1 fully saturated rings. The van der Waals surface area contributed by atoms with Gasteiger partial charge in [-0.15, -0.1) is 0 Å². The van der Waals surface area contributed by atoms with Gasteiger partial charge in [-0.05, 0) is 44.4 Å². The SMILES string of the molecule is Cc1ccc(S(=O)(=O)O)cc1.O=c1cccnn1C1CCCCO1. The molecule has 1 aliphatic heterocycles. The first-order valence-electron chi connectivity index (χ1n) is 7.57. The summed E-state index contributed by atoms with van der Waals surface area (Å²) in [6.07, 6.45) is 4.53. The summed E-state index contributed by atoms with van der Waals surface area (Å²) in [6, 6.07) is 9.13. The minimum atomic E-state index is -4.02. The zero-order valence-electron chi connectivity index (χ0n) is 13.3. The van der Waals surface area contributed by atoms with Crippen LogP contribution in [0.1, 0.15) is 31.1 Å². The second kappa shape index (κ2) is 8.18. The van der Waals surface area contributed by atoms with Gasteiger partial charge in [-0.25, -0.2) is 4.68 Å². The van der Waals surface area contributed by atoms with Crippen molar-refractivity contribution in [2.75, 3.05) is 6.61 Å². The molecule has 0 saturated carbocycles. The predicted octanol–water partition coefficient (Wildman–Crippen LogP) is 2.18. The number of rotatable bonds is 2. The van der Waals surface area contributed by atoms with Crippen molar-refractivity contribution < 1.29 is 17.7 Å². The maximum Gasteiger partial charge on any atom is 0.294 e. The lowest BCUT2D eigenvalue weighted by atomic mass is 10.2. The summed E-state index contributed by atoms with van der Waals surface area (Å²) in [5.74, 6) is 0. The van der Waals surface area contributed by atoms with Gasteiger partial charge < -0.3 is 4.74 Å². The average Bonchev–Trinajstić information content (AvgIpc) is 2.56. The molecular weight excluding hydrogens is 332 g/mol. The Morgan fingerprint density at radius 3 is 2.46 bits per heavy atom. The Bertz CT molecular complexity index is 809. The first-order chi connectivity index (χ1) is 11.4. The molecule has 1 aromatic carbocycles. The van der Waals surface area contributed by atoms with Gasteiger partial charge in [0.05, 0.1) is 4.90 Å². The van der Waals surface area contributed by atoms with Crippen LogP contribution >= 0.6 is 0 Å². The molecule has 2 heterocycles. The second-order valence-corrected chi connectivity index (χ2v) is 6.84. The predicted molar refractivity (Wildman–Crippen MR) is 88.3 cm³/mol. The molecule has 1 saturated heterocycles. The molecular formula is C16H20N2O5S. The van der Waals surface area contributed by atoms with E-state index in [2.05, 4.69) is 5.10 Å². The van der Waals surface area contributed by atoms with Crippen molar-refractivity contribution >= 4 is 10.1 Å². The van der Waals surface area contributed by atoms with Crippen LogP contribution in [0.3, 0.4) is 0 Å². The molecule has 0 spiro atoms. The fourth-order valence-corrected chi connectivity index (χ4v) is 2.69. The Kier molecular flexibility index (Phi) is 6.24. The first-order valence-corrected chi connectivity index (χ1v) is 9.01. The lowest BCUT2D eigenvalue weighted by Crippen LogP contribution is -2.29. The lowest BCUT2D eigenvalue weighted by Gasteiger charge is -2.22. The number of benzene rings is 1. The standard InChI is InChI=1S/C9H12N2O2.C7H8O3S/c12-8-4-3-6-10-11(8)9-5-1-2-7-13-9;1-6-2-4-7(5-3-6)11(8,9)10/h3-4,6,9H,1-2,5,7H2;2-5H,1H3,(H,8,9,10). The van der Waals surface area contributed by atoms with Gasteiger partial charge in [-0.3, -0.25) is 9.35 Å². The van der Waals surface area contributed by atoms with Crippen molar-refractivity contribution in [2.24, 2.45) is 0 Å². The highest BCUT2D eigenvalue weighted by Gasteiger charge is 2.16. The van der Waals surface area contributed by atoms with Crippen LogP contribution in [0.15, 0.2) is 52.3 Å². The fraction of sp³-hybridized carbons (Fsp3) is 0.375. The molecule has 0 bridgehead atoms. The van der Waals surface area contributed by atoms with Gasteiger partial charge in [0, 0.05) is 18.9 Å². The van der Waals surface area contributed by atoms with E-state index in [0.717, 1.165) is 31.4 Å². The number of hydrogen-bond donors (Lipinski definition) is 1. The van der Waals surface area contributed by atoms with Gasteiger partial charge in [0.25, 0.3) is 15.7 Å². The molecule has 0 radical (unpaired) electrons. The van der Waals surface area contributed by atoms with Crippen molar-refractivity contribution in [3.63, 3.8) is 0 Å². The van der Waals surface area contributed by atoms with Crippen LogP contribution in [0, 0.1) is 6.92 Å². The minimum absolute atomic E-state index is 0.0666. The third-order valence-corrected chi connectivity index (χ3v) is 4.36. The van der Waals surface area contributed by atoms with E-state index < -0.39 is 10.1 Å². The highest BCUT2D eigenvalue weighted by atomic mass is 32.2. The monoisotopic (exact) mass is 352 g/mol. The highest BCUT2D eigenvalue weighted by Crippen LogP contribution is 2.19. The molecule has 1 aliphatic rings. The van der Waals surface area contributed by atoms with Crippen LogP contribution in [-0.2, 0) is 14.9 Å². The van der Waals surface area contributed by atoms with E-state index in [-0.39, 0.29) is 16.7 Å². The molecule has 1 unspecified atom stereocenters. The van der Waals surface area contributed by atoms with Crippen molar-refractivity contribution in [1.82, 2.24) is 9.78 Å². The molecule has 1 aromatic heterocycles. The molecule has 1 atom stereocenters. The van der Waals surface area contributed by atoms with E-state index in [1.54, 1.807) is 24.4 Å². The van der Waals surface area contributed by atoms with Gasteiger partial charge in [-0.2, -0.15) is 13.5 Å². The summed E-state index contributed by atoms with van der Waals surface area (Å²) >= 11 is 0. The van der Waals surface area contributed by atoms with Crippen LogP contribution in [-0.4, -0.2) is 29.4 Å². The first kappa shape index (κ1) is 18.3. The van der Waals surface area contributed by atoms with E-state index >= 15 is 0 Å². The van der Waals surface area contributed by atoms with Crippen LogP contribution < -0.4 is 5.56 Å². The highest BCUT2D eigenvalue weighted by molar-refractivity contribution is 7.85. The molecule has 8 heteroatoms. The maximum absolute atomic E-state index is 11.3. The summed E-state index contributed by atoms with van der Waals surface area (Å²) in [5, 5.41) is 3.98. The van der Waals surface area contributed by atoms with Crippen molar-refractivity contribution in [3.8, 4) is 0 Å². The van der Waals surface area contributed by atoms with Gasteiger partial charge >= 0.3 is 0 Å². The van der Waals surface area contributed by atoms with E-state index in [1.165, 1.54) is 22.9 Å². The van der Waals surface area contributed by atoms with Crippen LogP contribution in [0.25, 0.3) is 0 Å². The molecule has 0 aliphatic carbocycles. The Morgan fingerprint density at radius 2 is 1.92 bits per heavy atom. The van der Waals surface area contributed by atoms with E-state index in [4.69, 9.17) is 9.29 Å². The largest absolute Gasteiger partial charge is 0.356 e. The van der Waals surface area contributed by atoms with Gasteiger partial charge in [-0.1, -0.05) is 17.7 Å². The Labute approximate surface area is 140 Å². The zero-order valence-corrected chi connectivity index (χ0v) is 14.1. The van der Waals surface area contributed by atoms with Crippen LogP contribution in [0.2, 0.25) is 0 Å². The Hall–Kier alpha value is -2.03.